The van der Waals surface area contributed by atoms with Crippen molar-refractivity contribution in [2.24, 2.45) is 0 Å². The summed E-state index contributed by atoms with van der Waals surface area (Å²) in [5, 5.41) is 1.29. The van der Waals surface area contributed by atoms with Gasteiger partial charge in [-0.3, -0.25) is 0 Å². The summed E-state index contributed by atoms with van der Waals surface area (Å²) in [6, 6.07) is 14.6. The van der Waals surface area contributed by atoms with Gasteiger partial charge in [-0.25, -0.2) is 0 Å². The standard InChI is InChI=1S/C13H8NS.Ir/c1-2-6-12-10(4-1)8-13(15-12)11-5-3-7-14-9-11;/h1-8H;/q-1;. The summed E-state index contributed by atoms with van der Waals surface area (Å²) in [6.07, 6.45) is 4.75. The van der Waals surface area contributed by atoms with Crippen LogP contribution in [0.4, 0.5) is 0 Å². The molecule has 3 rings (SSSR count). The normalized spacial score (nSPS) is 10.0. The maximum absolute atomic E-state index is 4.01. The topological polar surface area (TPSA) is 12.9 Å². The Morgan fingerprint density at radius 3 is 2.69 bits per heavy atom. The molecular weight excluding hydrogens is 394 g/mol. The van der Waals surface area contributed by atoms with Gasteiger partial charge in [0.2, 0.25) is 0 Å². The van der Waals surface area contributed by atoms with Crippen molar-refractivity contribution in [2.45, 2.75) is 0 Å². The molecule has 0 aliphatic carbocycles. The second kappa shape index (κ2) is 4.87. The molecule has 0 saturated carbocycles. The van der Waals surface area contributed by atoms with Gasteiger partial charge in [0.25, 0.3) is 0 Å². The molecule has 3 heteroatoms. The van der Waals surface area contributed by atoms with E-state index in [9.17, 15) is 0 Å². The molecule has 0 fully saturated rings. The van der Waals surface area contributed by atoms with Gasteiger partial charge in [-0.05, 0) is 22.5 Å². The van der Waals surface area contributed by atoms with E-state index in [-0.39, 0.29) is 20.1 Å². The van der Waals surface area contributed by atoms with Gasteiger partial charge < -0.3 is 4.98 Å². The van der Waals surface area contributed by atoms with E-state index in [1.807, 2.05) is 12.1 Å². The minimum atomic E-state index is 0. The smallest absolute Gasteiger partial charge is 0.0241 e. The van der Waals surface area contributed by atoms with Crippen LogP contribution in [0.5, 0.6) is 0 Å². The molecular formula is C13H8IrNS-. The quantitative estimate of drug-likeness (QED) is 0.565. The Balaban J connectivity index is 0.000000963. The molecule has 0 unspecified atom stereocenters. The Labute approximate surface area is 112 Å². The molecule has 2 heterocycles. The Bertz CT molecular complexity index is 556. The van der Waals surface area contributed by atoms with Crippen LogP contribution < -0.4 is 0 Å². The van der Waals surface area contributed by atoms with E-state index < -0.39 is 0 Å². The van der Waals surface area contributed by atoms with E-state index in [2.05, 4.69) is 41.5 Å². The third kappa shape index (κ3) is 2.07. The van der Waals surface area contributed by atoms with Gasteiger partial charge in [-0.15, -0.1) is 17.7 Å². The van der Waals surface area contributed by atoms with Crippen molar-refractivity contribution in [3.63, 3.8) is 0 Å². The van der Waals surface area contributed by atoms with Crippen LogP contribution >= 0.6 is 11.3 Å². The molecule has 81 valence electrons. The van der Waals surface area contributed by atoms with Crippen LogP contribution in [-0.4, -0.2) is 4.98 Å². The van der Waals surface area contributed by atoms with E-state index in [4.69, 9.17) is 0 Å². The summed E-state index contributed by atoms with van der Waals surface area (Å²) in [5.41, 5.74) is 1.07. The average molecular weight is 402 g/mol. The molecule has 0 bridgehead atoms. The second-order valence-electron chi connectivity index (χ2n) is 3.31. The van der Waals surface area contributed by atoms with Crippen LogP contribution in [0.25, 0.3) is 20.5 Å². The van der Waals surface area contributed by atoms with Gasteiger partial charge in [0.15, 0.2) is 0 Å². The Morgan fingerprint density at radius 2 is 1.94 bits per heavy atom. The number of benzene rings is 1. The molecule has 0 aliphatic heterocycles. The predicted molar refractivity (Wildman–Crippen MR) is 63.9 cm³/mol. The number of hydrogen-bond donors (Lipinski definition) is 0. The van der Waals surface area contributed by atoms with Crippen LogP contribution in [0.15, 0.2) is 48.7 Å². The maximum Gasteiger partial charge on any atom is 0.0241 e. The molecule has 1 nitrogen and oxygen atoms in total. The van der Waals surface area contributed by atoms with Crippen molar-refractivity contribution in [2.75, 3.05) is 0 Å². The molecule has 0 atom stereocenters. The molecule has 0 saturated heterocycles. The molecule has 1 radical (unpaired) electrons. The van der Waals surface area contributed by atoms with E-state index in [0.29, 0.717) is 0 Å². The molecule has 1 aromatic carbocycles. The van der Waals surface area contributed by atoms with Crippen LogP contribution in [0.2, 0.25) is 0 Å². The summed E-state index contributed by atoms with van der Waals surface area (Å²) in [7, 11) is 0. The first-order chi connectivity index (χ1) is 7.43. The fourth-order valence-electron chi connectivity index (χ4n) is 1.58. The zero-order valence-electron chi connectivity index (χ0n) is 8.31. The summed E-state index contributed by atoms with van der Waals surface area (Å²) < 4.78 is 1.31. The van der Waals surface area contributed by atoms with Crippen LogP contribution in [0.3, 0.4) is 0 Å². The van der Waals surface area contributed by atoms with Gasteiger partial charge in [-0.1, -0.05) is 30.5 Å². The van der Waals surface area contributed by atoms with Crippen LogP contribution in [0.1, 0.15) is 0 Å². The van der Waals surface area contributed by atoms with Crippen LogP contribution in [0, 0.1) is 6.20 Å². The first kappa shape index (κ1) is 11.5. The van der Waals surface area contributed by atoms with Gasteiger partial charge in [-0.2, -0.15) is 11.3 Å². The third-order valence-electron chi connectivity index (χ3n) is 2.30. The van der Waals surface area contributed by atoms with E-state index in [1.165, 1.54) is 15.0 Å². The molecule has 3 aromatic rings. The zero-order chi connectivity index (χ0) is 10.1. The largest absolute Gasteiger partial charge is 0.360 e. The first-order valence-electron chi connectivity index (χ1n) is 4.75. The number of fused-ring (bicyclic) bond motifs is 1. The fourth-order valence-corrected chi connectivity index (χ4v) is 2.62. The van der Waals surface area contributed by atoms with Crippen molar-refractivity contribution < 1.29 is 20.1 Å². The molecule has 2 aromatic heterocycles. The second-order valence-corrected chi connectivity index (χ2v) is 4.40. The average Bonchev–Trinajstić information content (AvgIpc) is 2.74. The Kier molecular flexibility index (Phi) is 3.49. The van der Waals surface area contributed by atoms with Crippen molar-refractivity contribution in [3.8, 4) is 10.4 Å². The number of hydrogen-bond acceptors (Lipinski definition) is 2. The number of pyridine rings is 1. The monoisotopic (exact) mass is 403 g/mol. The minimum absolute atomic E-state index is 0. The van der Waals surface area contributed by atoms with Gasteiger partial charge in [0.05, 0.1) is 0 Å². The number of aromatic nitrogens is 1. The fraction of sp³-hybridized carbons (Fsp3) is 0. The van der Waals surface area contributed by atoms with Crippen molar-refractivity contribution in [3.05, 3.63) is 54.9 Å². The summed E-state index contributed by atoms with van der Waals surface area (Å²) in [4.78, 5) is 5.24. The summed E-state index contributed by atoms with van der Waals surface area (Å²) in [6.45, 7) is 0. The van der Waals surface area contributed by atoms with E-state index in [1.54, 1.807) is 17.5 Å². The Hall–Kier alpha value is -1.02. The van der Waals surface area contributed by atoms with Crippen molar-refractivity contribution in [1.29, 1.82) is 0 Å². The SMILES string of the molecule is [Ir].[c-]1ncccc1-c1cc2ccccc2s1. The number of nitrogens with zero attached hydrogens (tertiary/aromatic N) is 1. The Morgan fingerprint density at radius 1 is 1.06 bits per heavy atom. The van der Waals surface area contributed by atoms with Crippen LogP contribution in [-0.2, 0) is 20.1 Å². The molecule has 0 aliphatic rings. The van der Waals surface area contributed by atoms with Gasteiger partial charge in [0, 0.05) is 24.8 Å². The van der Waals surface area contributed by atoms with Crippen molar-refractivity contribution in [1.82, 2.24) is 4.98 Å². The van der Waals surface area contributed by atoms with Gasteiger partial charge in [0.1, 0.15) is 0 Å². The molecule has 0 spiro atoms. The number of rotatable bonds is 1. The summed E-state index contributed by atoms with van der Waals surface area (Å²) >= 11 is 1.78. The minimum Gasteiger partial charge on any atom is -0.360 e. The molecule has 0 amide bonds. The van der Waals surface area contributed by atoms with Gasteiger partial charge >= 0.3 is 0 Å². The third-order valence-corrected chi connectivity index (χ3v) is 3.45. The maximum atomic E-state index is 4.01. The zero-order valence-corrected chi connectivity index (χ0v) is 11.5. The molecule has 0 N–H and O–H groups in total. The molecule has 16 heavy (non-hydrogen) atoms. The van der Waals surface area contributed by atoms with E-state index in [0.717, 1.165) is 5.56 Å². The number of thiophene rings is 1. The van der Waals surface area contributed by atoms with Crippen molar-refractivity contribution >= 4 is 21.4 Å². The summed E-state index contributed by atoms with van der Waals surface area (Å²) in [5.74, 6) is 0. The van der Waals surface area contributed by atoms with E-state index >= 15 is 0 Å². The first-order valence-corrected chi connectivity index (χ1v) is 5.57. The predicted octanol–water partition coefficient (Wildman–Crippen LogP) is 3.76.